The molecular weight excluding hydrogens is 274 g/mol. The van der Waals surface area contributed by atoms with Gasteiger partial charge in [0.25, 0.3) is 5.69 Å². The molecule has 2 aromatic heterocycles. The van der Waals surface area contributed by atoms with Gasteiger partial charge < -0.3 is 5.11 Å². The summed E-state index contributed by atoms with van der Waals surface area (Å²) in [6, 6.07) is 10.7. The summed E-state index contributed by atoms with van der Waals surface area (Å²) in [5, 5.41) is 19.8. The smallest absolute Gasteiger partial charge is 0.352 e. The van der Waals surface area contributed by atoms with E-state index in [1.807, 2.05) is 0 Å². The third kappa shape index (κ3) is 2.20. The number of nitro groups is 1. The Kier molecular flexibility index (Phi) is 2.87. The van der Waals surface area contributed by atoms with Gasteiger partial charge in [0.15, 0.2) is 0 Å². The molecule has 0 aliphatic rings. The fourth-order valence-electron chi connectivity index (χ4n) is 2.08. The van der Waals surface area contributed by atoms with E-state index in [1.165, 1.54) is 22.6 Å². The van der Waals surface area contributed by atoms with Crippen LogP contribution < -0.4 is 0 Å². The second-order valence-electron chi connectivity index (χ2n) is 4.37. The van der Waals surface area contributed by atoms with Crippen molar-refractivity contribution in [2.24, 2.45) is 0 Å². The molecule has 3 aromatic rings. The van der Waals surface area contributed by atoms with Gasteiger partial charge in [0.1, 0.15) is 11.3 Å². The molecule has 7 nitrogen and oxygen atoms in total. The lowest BCUT2D eigenvalue weighted by molar-refractivity contribution is -0.384. The highest BCUT2D eigenvalue weighted by Gasteiger charge is 2.12. The summed E-state index contributed by atoms with van der Waals surface area (Å²) in [5.41, 5.74) is 1.84. The number of carbonyl (C=O) groups is 1. The minimum atomic E-state index is -1.05. The van der Waals surface area contributed by atoms with Crippen molar-refractivity contribution in [1.82, 2.24) is 9.38 Å². The van der Waals surface area contributed by atoms with E-state index in [2.05, 4.69) is 4.98 Å². The Balaban J connectivity index is 2.11. The van der Waals surface area contributed by atoms with Gasteiger partial charge in [-0.05, 0) is 24.3 Å². The second kappa shape index (κ2) is 4.71. The van der Waals surface area contributed by atoms with E-state index in [0.717, 1.165) is 0 Å². The summed E-state index contributed by atoms with van der Waals surface area (Å²) in [5.74, 6) is -1.05. The molecule has 0 aliphatic heterocycles. The number of hydrogen-bond donors (Lipinski definition) is 1. The normalized spacial score (nSPS) is 10.7. The molecule has 21 heavy (non-hydrogen) atoms. The van der Waals surface area contributed by atoms with Gasteiger partial charge in [0, 0.05) is 23.9 Å². The van der Waals surface area contributed by atoms with Crippen molar-refractivity contribution >= 4 is 17.3 Å². The van der Waals surface area contributed by atoms with Crippen LogP contribution in [0.5, 0.6) is 0 Å². The Morgan fingerprint density at radius 1 is 1.19 bits per heavy atom. The number of aromatic nitrogens is 2. The maximum absolute atomic E-state index is 11.2. The number of non-ortho nitro benzene ring substituents is 1. The monoisotopic (exact) mass is 283 g/mol. The number of nitro benzene ring substituents is 1. The quantitative estimate of drug-likeness (QED) is 0.588. The van der Waals surface area contributed by atoms with Gasteiger partial charge in [-0.1, -0.05) is 6.07 Å². The zero-order valence-corrected chi connectivity index (χ0v) is 10.6. The number of imidazole rings is 1. The van der Waals surface area contributed by atoms with Crippen molar-refractivity contribution in [2.75, 3.05) is 0 Å². The molecule has 1 aromatic carbocycles. The van der Waals surface area contributed by atoms with Crippen LogP contribution in [-0.2, 0) is 0 Å². The second-order valence-corrected chi connectivity index (χ2v) is 4.37. The molecule has 0 aliphatic carbocycles. The number of aromatic carboxylic acids is 1. The zero-order valence-electron chi connectivity index (χ0n) is 10.6. The highest BCUT2D eigenvalue weighted by atomic mass is 16.6. The van der Waals surface area contributed by atoms with Crippen LogP contribution in [0.2, 0.25) is 0 Å². The fourth-order valence-corrected chi connectivity index (χ4v) is 2.08. The Morgan fingerprint density at radius 3 is 2.52 bits per heavy atom. The van der Waals surface area contributed by atoms with Crippen molar-refractivity contribution in [3.63, 3.8) is 0 Å². The standard InChI is InChI=1S/C14H9N3O4/c18-14(19)12-2-1-3-13-15-11(8-16(12)13)9-4-6-10(7-5-9)17(20)21/h1-8H,(H,18,19). The molecule has 2 heterocycles. The number of pyridine rings is 1. The van der Waals surface area contributed by atoms with E-state index in [9.17, 15) is 14.9 Å². The number of rotatable bonds is 3. The Labute approximate surface area is 118 Å². The van der Waals surface area contributed by atoms with Crippen LogP contribution in [0.15, 0.2) is 48.7 Å². The molecule has 0 saturated carbocycles. The highest BCUT2D eigenvalue weighted by molar-refractivity contribution is 5.87. The van der Waals surface area contributed by atoms with Crippen LogP contribution in [0.3, 0.4) is 0 Å². The third-order valence-corrected chi connectivity index (χ3v) is 3.09. The minimum absolute atomic E-state index is 0.00580. The molecule has 0 atom stereocenters. The lowest BCUT2D eigenvalue weighted by Crippen LogP contribution is -2.03. The van der Waals surface area contributed by atoms with Gasteiger partial charge in [-0.3, -0.25) is 14.5 Å². The molecule has 0 fully saturated rings. The number of hydrogen-bond acceptors (Lipinski definition) is 4. The largest absolute Gasteiger partial charge is 0.477 e. The van der Waals surface area contributed by atoms with Crippen LogP contribution in [0.4, 0.5) is 5.69 Å². The van der Waals surface area contributed by atoms with Gasteiger partial charge >= 0.3 is 5.97 Å². The number of benzene rings is 1. The molecule has 1 N–H and O–H groups in total. The maximum Gasteiger partial charge on any atom is 0.352 e. The lowest BCUT2D eigenvalue weighted by Gasteiger charge is -1.98. The summed E-state index contributed by atoms with van der Waals surface area (Å²) in [6.45, 7) is 0. The summed E-state index contributed by atoms with van der Waals surface area (Å²) < 4.78 is 1.47. The molecule has 7 heteroatoms. The molecule has 3 rings (SSSR count). The summed E-state index contributed by atoms with van der Waals surface area (Å²) in [7, 11) is 0. The topological polar surface area (TPSA) is 97.7 Å². The number of carboxylic acids is 1. The zero-order chi connectivity index (χ0) is 15.0. The first-order valence-electron chi connectivity index (χ1n) is 6.02. The first-order valence-corrected chi connectivity index (χ1v) is 6.02. The van der Waals surface area contributed by atoms with Gasteiger partial charge in [-0.25, -0.2) is 9.78 Å². The molecule has 0 bridgehead atoms. The van der Waals surface area contributed by atoms with E-state index in [4.69, 9.17) is 5.11 Å². The van der Waals surface area contributed by atoms with Crippen molar-refractivity contribution < 1.29 is 14.8 Å². The Hall–Kier alpha value is -3.22. The van der Waals surface area contributed by atoms with E-state index in [-0.39, 0.29) is 11.4 Å². The Bertz CT molecular complexity index is 852. The minimum Gasteiger partial charge on any atom is -0.477 e. The van der Waals surface area contributed by atoms with Crippen LogP contribution in [0.25, 0.3) is 16.9 Å². The molecule has 0 radical (unpaired) electrons. The number of nitrogens with zero attached hydrogens (tertiary/aromatic N) is 3. The summed E-state index contributed by atoms with van der Waals surface area (Å²) in [4.78, 5) is 25.6. The average Bonchev–Trinajstić information content (AvgIpc) is 2.90. The van der Waals surface area contributed by atoms with Gasteiger partial charge in [-0.2, -0.15) is 0 Å². The van der Waals surface area contributed by atoms with E-state index in [0.29, 0.717) is 16.9 Å². The van der Waals surface area contributed by atoms with Crippen molar-refractivity contribution in [3.05, 3.63) is 64.5 Å². The Morgan fingerprint density at radius 2 is 1.90 bits per heavy atom. The van der Waals surface area contributed by atoms with Gasteiger partial charge in [-0.15, -0.1) is 0 Å². The first kappa shape index (κ1) is 12.8. The van der Waals surface area contributed by atoms with Crippen LogP contribution in [0, 0.1) is 10.1 Å². The average molecular weight is 283 g/mol. The summed E-state index contributed by atoms with van der Waals surface area (Å²) >= 11 is 0. The summed E-state index contributed by atoms with van der Waals surface area (Å²) in [6.07, 6.45) is 1.60. The van der Waals surface area contributed by atoms with Gasteiger partial charge in [0.05, 0.1) is 10.6 Å². The molecule has 0 amide bonds. The van der Waals surface area contributed by atoms with Gasteiger partial charge in [0.2, 0.25) is 0 Å². The predicted molar refractivity (Wildman–Crippen MR) is 74.2 cm³/mol. The highest BCUT2D eigenvalue weighted by Crippen LogP contribution is 2.22. The number of carboxylic acid groups (broad SMARTS) is 1. The third-order valence-electron chi connectivity index (χ3n) is 3.09. The molecule has 0 spiro atoms. The molecule has 0 saturated heterocycles. The van der Waals surface area contributed by atoms with Crippen LogP contribution >= 0.6 is 0 Å². The predicted octanol–water partition coefficient (Wildman–Crippen LogP) is 2.61. The van der Waals surface area contributed by atoms with Crippen molar-refractivity contribution in [3.8, 4) is 11.3 Å². The SMILES string of the molecule is O=C(O)c1cccc2nc(-c3ccc([N+](=O)[O-])cc3)cn12. The maximum atomic E-state index is 11.2. The number of fused-ring (bicyclic) bond motifs is 1. The lowest BCUT2D eigenvalue weighted by atomic mass is 10.1. The first-order chi connectivity index (χ1) is 10.1. The fraction of sp³-hybridized carbons (Fsp3) is 0. The van der Waals surface area contributed by atoms with E-state index in [1.54, 1.807) is 30.5 Å². The van der Waals surface area contributed by atoms with E-state index < -0.39 is 10.9 Å². The molecule has 0 unspecified atom stereocenters. The van der Waals surface area contributed by atoms with Crippen LogP contribution in [-0.4, -0.2) is 25.4 Å². The molecule has 104 valence electrons. The van der Waals surface area contributed by atoms with Crippen molar-refractivity contribution in [1.29, 1.82) is 0 Å². The van der Waals surface area contributed by atoms with E-state index >= 15 is 0 Å². The van der Waals surface area contributed by atoms with Crippen LogP contribution in [0.1, 0.15) is 10.5 Å². The van der Waals surface area contributed by atoms with Crippen molar-refractivity contribution in [2.45, 2.75) is 0 Å². The molecular formula is C14H9N3O4.